The molecule has 0 saturated heterocycles. The molecule has 8 aromatic carbocycles. The molecular formula is C50H33N3O. The van der Waals surface area contributed by atoms with Crippen molar-refractivity contribution < 1.29 is 4.42 Å². The van der Waals surface area contributed by atoms with E-state index in [0.29, 0.717) is 11.7 Å². The molecule has 0 saturated carbocycles. The smallest absolute Gasteiger partial charge is 0.227 e. The zero-order chi connectivity index (χ0) is 36.0. The lowest BCUT2D eigenvalue weighted by Gasteiger charge is -2.17. The van der Waals surface area contributed by atoms with Crippen molar-refractivity contribution in [1.29, 1.82) is 0 Å². The van der Waals surface area contributed by atoms with E-state index < -0.39 is 0 Å². The summed E-state index contributed by atoms with van der Waals surface area (Å²) in [7, 11) is 0. The van der Waals surface area contributed by atoms with Crippen molar-refractivity contribution >= 4 is 32.6 Å². The summed E-state index contributed by atoms with van der Waals surface area (Å²) >= 11 is 0. The molecule has 0 bridgehead atoms. The molecule has 0 spiro atoms. The average Bonchev–Trinajstić information content (AvgIpc) is 3.68. The van der Waals surface area contributed by atoms with Crippen LogP contribution in [0, 0.1) is 6.92 Å². The topological polar surface area (TPSA) is 51.8 Å². The second-order valence-electron chi connectivity index (χ2n) is 13.6. The number of hydrogen-bond acceptors (Lipinski definition) is 4. The van der Waals surface area contributed by atoms with Gasteiger partial charge in [-0.15, -0.1) is 0 Å². The van der Waals surface area contributed by atoms with E-state index in [4.69, 9.17) is 19.4 Å². The average molecular weight is 692 g/mol. The maximum Gasteiger partial charge on any atom is 0.227 e. The van der Waals surface area contributed by atoms with Crippen LogP contribution in [0.2, 0.25) is 0 Å². The molecular weight excluding hydrogens is 659 g/mol. The fourth-order valence-electron chi connectivity index (χ4n) is 7.58. The number of aryl methyl sites for hydroxylation is 1. The van der Waals surface area contributed by atoms with Crippen LogP contribution < -0.4 is 0 Å². The number of oxazole rings is 1. The van der Waals surface area contributed by atoms with Crippen molar-refractivity contribution in [3.8, 4) is 67.6 Å². The second kappa shape index (κ2) is 13.1. The summed E-state index contributed by atoms with van der Waals surface area (Å²) in [5.41, 5.74) is 13.1. The first-order valence-electron chi connectivity index (χ1n) is 18.2. The van der Waals surface area contributed by atoms with E-state index in [0.717, 1.165) is 83.3 Å². The Morgan fingerprint density at radius 2 is 1.00 bits per heavy atom. The van der Waals surface area contributed by atoms with Gasteiger partial charge in [-0.1, -0.05) is 164 Å². The molecule has 10 rings (SSSR count). The summed E-state index contributed by atoms with van der Waals surface area (Å²) in [5.74, 6) is 1.34. The Balaban J connectivity index is 1.14. The number of rotatable bonds is 6. The SMILES string of the molecule is Cc1ccccc1-c1nc2c(cc(-c3c(-c4ccc(-c5cc(-c6ccccc6)nc(-c6ccccc6)n5)cc4)ccc4ccccc34)c3ccccc32)o1. The van der Waals surface area contributed by atoms with E-state index in [1.807, 2.05) is 48.5 Å². The number of benzene rings is 8. The molecule has 0 aliphatic carbocycles. The monoisotopic (exact) mass is 691 g/mol. The first-order valence-corrected chi connectivity index (χ1v) is 18.2. The van der Waals surface area contributed by atoms with Crippen LogP contribution in [0.1, 0.15) is 5.56 Å². The molecule has 2 aromatic heterocycles. The lowest BCUT2D eigenvalue weighted by molar-refractivity contribution is 0.619. The summed E-state index contributed by atoms with van der Waals surface area (Å²) in [4.78, 5) is 15.1. The van der Waals surface area contributed by atoms with Crippen LogP contribution in [-0.2, 0) is 0 Å². The highest BCUT2D eigenvalue weighted by atomic mass is 16.3. The summed E-state index contributed by atoms with van der Waals surface area (Å²) in [6.07, 6.45) is 0. The van der Waals surface area contributed by atoms with Crippen LogP contribution in [0.4, 0.5) is 0 Å². The maximum atomic E-state index is 6.59. The number of nitrogens with zero attached hydrogens (tertiary/aromatic N) is 3. The quantitative estimate of drug-likeness (QED) is 0.174. The van der Waals surface area contributed by atoms with Crippen molar-refractivity contribution in [2.24, 2.45) is 0 Å². The van der Waals surface area contributed by atoms with Crippen LogP contribution >= 0.6 is 0 Å². The molecule has 0 amide bonds. The van der Waals surface area contributed by atoms with Crippen LogP contribution in [-0.4, -0.2) is 15.0 Å². The number of hydrogen-bond donors (Lipinski definition) is 0. The van der Waals surface area contributed by atoms with E-state index in [1.165, 1.54) is 10.8 Å². The van der Waals surface area contributed by atoms with E-state index in [9.17, 15) is 0 Å². The van der Waals surface area contributed by atoms with Gasteiger partial charge in [0.2, 0.25) is 5.89 Å². The van der Waals surface area contributed by atoms with Crippen molar-refractivity contribution in [2.75, 3.05) is 0 Å². The zero-order valence-electron chi connectivity index (χ0n) is 29.6. The van der Waals surface area contributed by atoms with E-state index >= 15 is 0 Å². The van der Waals surface area contributed by atoms with Crippen molar-refractivity contribution in [2.45, 2.75) is 6.92 Å². The molecule has 0 fully saturated rings. The highest BCUT2D eigenvalue weighted by Gasteiger charge is 2.20. The molecule has 254 valence electrons. The minimum absolute atomic E-state index is 0.634. The van der Waals surface area contributed by atoms with Gasteiger partial charge >= 0.3 is 0 Å². The standard InChI is InChI=1S/C50H33N3O/c1-32-14-8-10-20-38(32)50-53-48-42-23-13-12-22-41(42)43(30-46(48)54-50)47-39-21-11-9-15-33(39)28-29-40(47)34-24-26-36(27-25-34)45-31-44(35-16-4-2-5-17-35)51-49(52-45)37-18-6-3-7-19-37/h2-31H,1H3. The predicted molar refractivity (Wildman–Crippen MR) is 222 cm³/mol. The molecule has 0 atom stereocenters. The van der Waals surface area contributed by atoms with Crippen LogP contribution in [0.25, 0.3) is 100 Å². The Morgan fingerprint density at radius 1 is 0.407 bits per heavy atom. The molecule has 0 radical (unpaired) electrons. The summed E-state index contributed by atoms with van der Waals surface area (Å²) in [5, 5.41) is 4.55. The first kappa shape index (κ1) is 31.6. The van der Waals surface area contributed by atoms with Crippen LogP contribution in [0.15, 0.2) is 186 Å². The van der Waals surface area contributed by atoms with E-state index in [2.05, 4.69) is 140 Å². The van der Waals surface area contributed by atoms with Gasteiger partial charge in [0.1, 0.15) is 5.52 Å². The lowest BCUT2D eigenvalue weighted by Crippen LogP contribution is -1.96. The van der Waals surface area contributed by atoms with Gasteiger partial charge < -0.3 is 4.42 Å². The Hall–Kier alpha value is -7.17. The lowest BCUT2D eigenvalue weighted by atomic mass is 9.87. The molecule has 0 aliphatic heterocycles. The summed E-state index contributed by atoms with van der Waals surface area (Å²) < 4.78 is 6.59. The third-order valence-corrected chi connectivity index (χ3v) is 10.3. The van der Waals surface area contributed by atoms with Gasteiger partial charge in [-0.2, -0.15) is 0 Å². The van der Waals surface area contributed by atoms with Crippen LogP contribution in [0.3, 0.4) is 0 Å². The molecule has 0 unspecified atom stereocenters. The van der Waals surface area contributed by atoms with E-state index in [-0.39, 0.29) is 0 Å². The van der Waals surface area contributed by atoms with Gasteiger partial charge in [0, 0.05) is 27.6 Å². The fraction of sp³-hybridized carbons (Fsp3) is 0.0200. The molecule has 0 N–H and O–H groups in total. The Labute approximate surface area is 313 Å². The Bertz CT molecular complexity index is 2930. The van der Waals surface area contributed by atoms with Gasteiger partial charge in [0.25, 0.3) is 0 Å². The Morgan fingerprint density at radius 3 is 1.74 bits per heavy atom. The normalized spacial score (nSPS) is 11.4. The molecule has 4 heteroatoms. The highest BCUT2D eigenvalue weighted by molar-refractivity contribution is 6.16. The third-order valence-electron chi connectivity index (χ3n) is 10.3. The summed E-state index contributed by atoms with van der Waals surface area (Å²) in [6.45, 7) is 2.09. The number of fused-ring (bicyclic) bond motifs is 4. The molecule has 54 heavy (non-hydrogen) atoms. The number of aromatic nitrogens is 3. The minimum Gasteiger partial charge on any atom is -0.436 e. The largest absolute Gasteiger partial charge is 0.436 e. The van der Waals surface area contributed by atoms with Gasteiger partial charge in [-0.25, -0.2) is 15.0 Å². The second-order valence-corrected chi connectivity index (χ2v) is 13.6. The predicted octanol–water partition coefficient (Wildman–Crippen LogP) is 13.2. The molecule has 0 aliphatic rings. The van der Waals surface area contributed by atoms with Gasteiger partial charge in [0.05, 0.1) is 11.4 Å². The molecule has 4 nitrogen and oxygen atoms in total. The Kier molecular flexibility index (Phi) is 7.66. The van der Waals surface area contributed by atoms with Gasteiger partial charge in [-0.05, 0) is 69.1 Å². The van der Waals surface area contributed by atoms with Gasteiger partial charge in [-0.3, -0.25) is 0 Å². The molecule has 10 aromatic rings. The first-order chi connectivity index (χ1) is 26.7. The van der Waals surface area contributed by atoms with Crippen molar-refractivity contribution in [3.63, 3.8) is 0 Å². The van der Waals surface area contributed by atoms with E-state index in [1.54, 1.807) is 0 Å². The maximum absolute atomic E-state index is 6.59. The molecule has 2 heterocycles. The van der Waals surface area contributed by atoms with Crippen molar-refractivity contribution in [3.05, 3.63) is 188 Å². The fourth-order valence-corrected chi connectivity index (χ4v) is 7.58. The highest BCUT2D eigenvalue weighted by Crippen LogP contribution is 2.44. The summed E-state index contributed by atoms with van der Waals surface area (Å²) in [6, 6.07) is 63.4. The van der Waals surface area contributed by atoms with Crippen molar-refractivity contribution in [1.82, 2.24) is 15.0 Å². The minimum atomic E-state index is 0.634. The third kappa shape index (κ3) is 5.53. The van der Waals surface area contributed by atoms with Gasteiger partial charge in [0.15, 0.2) is 11.4 Å². The zero-order valence-corrected chi connectivity index (χ0v) is 29.6. The van der Waals surface area contributed by atoms with Crippen LogP contribution in [0.5, 0.6) is 0 Å².